The largest absolute Gasteiger partial charge is 0.305 e. The standard InChI is InChI=1S/C14H23N5O/c1-18(2)13-4-3-7-19(10-13)9-12-6-5-11(8-16-12)14(20)17-15/h5-6,8,13H,3-4,7,9-10,15H2,1-2H3,(H,17,20). The zero-order valence-corrected chi connectivity index (χ0v) is 12.2. The number of rotatable bonds is 4. The maximum absolute atomic E-state index is 11.3. The molecule has 0 saturated carbocycles. The van der Waals surface area contributed by atoms with Crippen molar-refractivity contribution < 1.29 is 4.79 Å². The number of likely N-dealkylation sites (tertiary alicyclic amines) is 1. The normalized spacial score (nSPS) is 20.1. The van der Waals surface area contributed by atoms with Crippen LogP contribution in [0, 0.1) is 0 Å². The molecule has 0 bridgehead atoms. The number of piperidine rings is 1. The van der Waals surface area contributed by atoms with Crippen LogP contribution in [-0.4, -0.2) is 53.9 Å². The van der Waals surface area contributed by atoms with Gasteiger partial charge in [0, 0.05) is 25.3 Å². The molecule has 1 aromatic heterocycles. The van der Waals surface area contributed by atoms with Gasteiger partial charge in [0.2, 0.25) is 0 Å². The van der Waals surface area contributed by atoms with E-state index in [-0.39, 0.29) is 5.91 Å². The number of nitrogens with zero attached hydrogens (tertiary/aromatic N) is 3. The van der Waals surface area contributed by atoms with E-state index >= 15 is 0 Å². The quantitative estimate of drug-likeness (QED) is 0.467. The van der Waals surface area contributed by atoms with Gasteiger partial charge in [0.15, 0.2) is 0 Å². The molecule has 2 rings (SSSR count). The molecule has 3 N–H and O–H groups in total. The van der Waals surface area contributed by atoms with Crippen molar-refractivity contribution in [1.82, 2.24) is 20.2 Å². The zero-order valence-electron chi connectivity index (χ0n) is 12.2. The smallest absolute Gasteiger partial charge is 0.266 e. The number of hydrogen-bond donors (Lipinski definition) is 2. The van der Waals surface area contributed by atoms with Gasteiger partial charge in [-0.25, -0.2) is 5.84 Å². The van der Waals surface area contributed by atoms with Crippen LogP contribution < -0.4 is 11.3 Å². The lowest BCUT2D eigenvalue weighted by atomic mass is 10.0. The highest BCUT2D eigenvalue weighted by molar-refractivity contribution is 5.93. The van der Waals surface area contributed by atoms with Crippen LogP contribution in [0.5, 0.6) is 0 Å². The summed E-state index contributed by atoms with van der Waals surface area (Å²) in [5, 5.41) is 0. The van der Waals surface area contributed by atoms with Crippen LogP contribution in [0.25, 0.3) is 0 Å². The number of aromatic nitrogens is 1. The molecule has 0 aromatic carbocycles. The van der Waals surface area contributed by atoms with Crippen molar-refractivity contribution in [2.24, 2.45) is 5.84 Å². The summed E-state index contributed by atoms with van der Waals surface area (Å²) >= 11 is 0. The molecule has 1 aromatic rings. The molecular weight excluding hydrogens is 254 g/mol. The molecule has 20 heavy (non-hydrogen) atoms. The number of carbonyl (C=O) groups excluding carboxylic acids is 1. The first-order valence-corrected chi connectivity index (χ1v) is 6.95. The monoisotopic (exact) mass is 277 g/mol. The topological polar surface area (TPSA) is 74.5 Å². The van der Waals surface area contributed by atoms with E-state index in [4.69, 9.17) is 5.84 Å². The van der Waals surface area contributed by atoms with Crippen LogP contribution in [-0.2, 0) is 6.54 Å². The molecule has 1 atom stereocenters. The number of nitrogens with one attached hydrogen (secondary N) is 1. The molecule has 1 saturated heterocycles. The van der Waals surface area contributed by atoms with Gasteiger partial charge < -0.3 is 4.90 Å². The average molecular weight is 277 g/mol. The number of pyridine rings is 1. The number of hydrogen-bond acceptors (Lipinski definition) is 5. The van der Waals surface area contributed by atoms with E-state index in [1.165, 1.54) is 12.8 Å². The predicted molar refractivity (Wildman–Crippen MR) is 77.9 cm³/mol. The van der Waals surface area contributed by atoms with Crippen LogP contribution >= 0.6 is 0 Å². The molecule has 1 fully saturated rings. The summed E-state index contributed by atoms with van der Waals surface area (Å²) < 4.78 is 0. The third-order valence-electron chi connectivity index (χ3n) is 3.81. The predicted octanol–water partition coefficient (Wildman–Crippen LogP) is 0.211. The fourth-order valence-corrected chi connectivity index (χ4v) is 2.56. The van der Waals surface area contributed by atoms with E-state index in [9.17, 15) is 4.79 Å². The third-order valence-corrected chi connectivity index (χ3v) is 3.81. The van der Waals surface area contributed by atoms with Crippen molar-refractivity contribution in [3.63, 3.8) is 0 Å². The van der Waals surface area contributed by atoms with E-state index in [1.54, 1.807) is 12.3 Å². The number of amides is 1. The number of nitrogens with two attached hydrogens (primary N) is 1. The van der Waals surface area contributed by atoms with Crippen molar-refractivity contribution in [1.29, 1.82) is 0 Å². The minimum Gasteiger partial charge on any atom is -0.305 e. The Balaban J connectivity index is 1.94. The van der Waals surface area contributed by atoms with Crippen LogP contribution in [0.1, 0.15) is 28.9 Å². The molecule has 2 heterocycles. The average Bonchev–Trinajstić information content (AvgIpc) is 2.47. The van der Waals surface area contributed by atoms with Gasteiger partial charge in [-0.15, -0.1) is 0 Å². The zero-order chi connectivity index (χ0) is 14.5. The van der Waals surface area contributed by atoms with Gasteiger partial charge in [-0.2, -0.15) is 0 Å². The molecule has 6 nitrogen and oxygen atoms in total. The Hall–Kier alpha value is -1.50. The van der Waals surface area contributed by atoms with Gasteiger partial charge in [0.05, 0.1) is 11.3 Å². The van der Waals surface area contributed by atoms with Crippen molar-refractivity contribution in [3.05, 3.63) is 29.6 Å². The minimum atomic E-state index is -0.310. The first-order valence-electron chi connectivity index (χ1n) is 6.95. The van der Waals surface area contributed by atoms with E-state index in [2.05, 4.69) is 34.3 Å². The highest BCUT2D eigenvalue weighted by atomic mass is 16.2. The first kappa shape index (κ1) is 14.9. The van der Waals surface area contributed by atoms with Gasteiger partial charge in [-0.05, 0) is 45.6 Å². The number of likely N-dealkylation sites (N-methyl/N-ethyl adjacent to an activating group) is 1. The lowest BCUT2D eigenvalue weighted by Gasteiger charge is -2.35. The van der Waals surface area contributed by atoms with Crippen molar-refractivity contribution in [2.45, 2.75) is 25.4 Å². The fraction of sp³-hybridized carbons (Fsp3) is 0.571. The Morgan fingerprint density at radius 1 is 1.55 bits per heavy atom. The van der Waals surface area contributed by atoms with Crippen molar-refractivity contribution in [3.8, 4) is 0 Å². The molecule has 0 radical (unpaired) electrons. The molecule has 1 aliphatic rings. The van der Waals surface area contributed by atoms with Gasteiger partial charge in [0.1, 0.15) is 0 Å². The summed E-state index contributed by atoms with van der Waals surface area (Å²) in [6, 6.07) is 4.27. The summed E-state index contributed by atoms with van der Waals surface area (Å²) in [7, 11) is 4.26. The highest BCUT2D eigenvalue weighted by Crippen LogP contribution is 2.15. The Kier molecular flexibility index (Phi) is 5.05. The Labute approximate surface area is 119 Å². The molecule has 1 unspecified atom stereocenters. The molecule has 1 amide bonds. The second kappa shape index (κ2) is 6.78. The minimum absolute atomic E-state index is 0.310. The molecule has 0 aliphatic carbocycles. The number of hydrazine groups is 1. The third kappa shape index (κ3) is 3.75. The molecule has 1 aliphatic heterocycles. The summed E-state index contributed by atoms with van der Waals surface area (Å²) in [6.45, 7) is 3.01. The molecule has 0 spiro atoms. The van der Waals surface area contributed by atoms with Crippen LogP contribution in [0.3, 0.4) is 0 Å². The molecule has 110 valence electrons. The number of carbonyl (C=O) groups is 1. The first-order chi connectivity index (χ1) is 9.60. The van der Waals surface area contributed by atoms with Gasteiger partial charge >= 0.3 is 0 Å². The van der Waals surface area contributed by atoms with Gasteiger partial charge in [-0.3, -0.25) is 20.1 Å². The fourth-order valence-electron chi connectivity index (χ4n) is 2.56. The van der Waals surface area contributed by atoms with Crippen molar-refractivity contribution >= 4 is 5.91 Å². The van der Waals surface area contributed by atoms with E-state index in [0.717, 1.165) is 25.3 Å². The molecule has 6 heteroatoms. The van der Waals surface area contributed by atoms with Crippen LogP contribution in [0.4, 0.5) is 0 Å². The van der Waals surface area contributed by atoms with Gasteiger partial charge in [0.25, 0.3) is 5.91 Å². The Morgan fingerprint density at radius 3 is 2.95 bits per heavy atom. The lowest BCUT2D eigenvalue weighted by Crippen LogP contribution is -2.44. The number of nitrogen functional groups attached to an aromatic ring is 1. The molecular formula is C14H23N5O. The lowest BCUT2D eigenvalue weighted by molar-refractivity contribution is 0.0953. The highest BCUT2D eigenvalue weighted by Gasteiger charge is 2.21. The second-order valence-corrected chi connectivity index (χ2v) is 5.51. The summed E-state index contributed by atoms with van der Waals surface area (Å²) in [5.74, 6) is 4.78. The Morgan fingerprint density at radius 2 is 2.35 bits per heavy atom. The van der Waals surface area contributed by atoms with Gasteiger partial charge in [-0.1, -0.05) is 0 Å². The summed E-state index contributed by atoms with van der Waals surface area (Å²) in [5.41, 5.74) is 3.58. The maximum Gasteiger partial charge on any atom is 0.266 e. The van der Waals surface area contributed by atoms with E-state index < -0.39 is 0 Å². The van der Waals surface area contributed by atoms with Crippen molar-refractivity contribution in [2.75, 3.05) is 27.2 Å². The SMILES string of the molecule is CN(C)C1CCCN(Cc2ccc(C(=O)NN)cn2)C1. The maximum atomic E-state index is 11.3. The van der Waals surface area contributed by atoms with E-state index in [1.807, 2.05) is 6.07 Å². The summed E-state index contributed by atoms with van der Waals surface area (Å²) in [4.78, 5) is 20.4. The van der Waals surface area contributed by atoms with Crippen LogP contribution in [0.2, 0.25) is 0 Å². The van der Waals surface area contributed by atoms with Crippen LogP contribution in [0.15, 0.2) is 18.3 Å². The second-order valence-electron chi connectivity index (χ2n) is 5.51. The van der Waals surface area contributed by atoms with E-state index in [0.29, 0.717) is 11.6 Å². The Bertz CT molecular complexity index is 445. The summed E-state index contributed by atoms with van der Waals surface area (Å²) in [6.07, 6.45) is 4.05.